The Balaban J connectivity index is 1.45. The molecule has 0 saturated carbocycles. The van der Waals surface area contributed by atoms with Crippen LogP contribution in [0.5, 0.6) is 5.75 Å². The normalized spacial score (nSPS) is 17.5. The van der Waals surface area contributed by atoms with Crippen LogP contribution in [0.1, 0.15) is 59.6 Å². The molecule has 1 aliphatic rings. The van der Waals surface area contributed by atoms with Gasteiger partial charge in [0, 0.05) is 30.4 Å². The topological polar surface area (TPSA) is 127 Å². The Hall–Kier alpha value is -2.29. The summed E-state index contributed by atoms with van der Waals surface area (Å²) < 4.78 is 58.3. The van der Waals surface area contributed by atoms with E-state index in [1.807, 2.05) is 34.7 Å². The van der Waals surface area contributed by atoms with E-state index in [4.69, 9.17) is 28.3 Å². The van der Waals surface area contributed by atoms with E-state index in [1.54, 1.807) is 0 Å². The van der Waals surface area contributed by atoms with Crippen molar-refractivity contribution < 1.29 is 31.6 Å². The van der Waals surface area contributed by atoms with Crippen molar-refractivity contribution in [2.45, 2.75) is 90.4 Å². The van der Waals surface area contributed by atoms with Gasteiger partial charge in [-0.1, -0.05) is 20.8 Å². The standard InChI is InChI=1S/C29H46N4O7SSi/c1-22(21-37-14-9-17-41(34,35)36)38-16-13-32-20-23(19-30-32)28-25-18-24(40-42(5,6)29(2,3)4)11-12-26(25)33(31-28)27-10-7-8-15-39-27/h11-12,18-20,22,27H,7-10,13-17,21H2,1-6H3,(H,34,35,36)/t22-,27?/m1/s1. The molecule has 1 aromatic carbocycles. The van der Waals surface area contributed by atoms with Gasteiger partial charge in [-0.05, 0) is 68.9 Å². The number of hydrogen-bond acceptors (Lipinski definition) is 8. The summed E-state index contributed by atoms with van der Waals surface area (Å²) in [6, 6.07) is 6.25. The minimum atomic E-state index is -3.96. The molecule has 1 saturated heterocycles. The smallest absolute Gasteiger partial charge is 0.264 e. The predicted molar refractivity (Wildman–Crippen MR) is 165 cm³/mol. The van der Waals surface area contributed by atoms with Crippen molar-refractivity contribution in [1.29, 1.82) is 0 Å². The van der Waals surface area contributed by atoms with Crippen LogP contribution in [-0.2, 0) is 30.9 Å². The van der Waals surface area contributed by atoms with Crippen molar-refractivity contribution in [3.8, 4) is 17.0 Å². The molecule has 0 aliphatic carbocycles. The van der Waals surface area contributed by atoms with Gasteiger partial charge in [0.1, 0.15) is 11.4 Å². The van der Waals surface area contributed by atoms with Crippen LogP contribution in [0.15, 0.2) is 30.6 Å². The molecule has 2 aromatic heterocycles. The summed E-state index contributed by atoms with van der Waals surface area (Å²) >= 11 is 0. The van der Waals surface area contributed by atoms with Crippen LogP contribution in [0, 0.1) is 0 Å². The maximum Gasteiger partial charge on any atom is 0.264 e. The fraction of sp³-hybridized carbons (Fsp3) is 0.655. The van der Waals surface area contributed by atoms with Gasteiger partial charge in [-0.15, -0.1) is 0 Å². The van der Waals surface area contributed by atoms with Crippen LogP contribution < -0.4 is 4.43 Å². The highest BCUT2D eigenvalue weighted by Gasteiger charge is 2.39. The summed E-state index contributed by atoms with van der Waals surface area (Å²) in [4.78, 5) is 0. The Morgan fingerprint density at radius 1 is 1.21 bits per heavy atom. The van der Waals surface area contributed by atoms with E-state index >= 15 is 0 Å². The Morgan fingerprint density at radius 2 is 2.00 bits per heavy atom. The quantitative estimate of drug-likeness (QED) is 0.137. The summed E-state index contributed by atoms with van der Waals surface area (Å²) in [5.41, 5.74) is 2.77. The second-order valence-corrected chi connectivity index (χ2v) is 18.8. The molecule has 0 radical (unpaired) electrons. The Bertz CT molecular complexity index is 1430. The molecule has 13 heteroatoms. The highest BCUT2D eigenvalue weighted by molar-refractivity contribution is 7.85. The minimum absolute atomic E-state index is 0.0842. The lowest BCUT2D eigenvalue weighted by molar-refractivity contribution is -0.0365. The molecule has 1 unspecified atom stereocenters. The number of rotatable bonds is 14. The fourth-order valence-electron chi connectivity index (χ4n) is 4.58. The first kappa shape index (κ1) is 32.6. The van der Waals surface area contributed by atoms with Crippen molar-refractivity contribution in [3.63, 3.8) is 0 Å². The van der Waals surface area contributed by atoms with Crippen LogP contribution in [0.4, 0.5) is 0 Å². The van der Waals surface area contributed by atoms with E-state index in [1.165, 1.54) is 0 Å². The highest BCUT2D eigenvalue weighted by Crippen LogP contribution is 2.39. The Labute approximate surface area is 250 Å². The largest absolute Gasteiger partial charge is 0.543 e. The SMILES string of the molecule is C[C@H](COCCCS(=O)(=O)O)OCCn1cc(-c2nn(C3CCCCO3)c3ccc(O[Si](C)(C)C(C)(C)C)cc23)cn1. The van der Waals surface area contributed by atoms with E-state index in [2.05, 4.69) is 51.1 Å². The van der Waals surface area contributed by atoms with E-state index in [9.17, 15) is 8.42 Å². The van der Waals surface area contributed by atoms with Crippen LogP contribution in [-0.4, -0.2) is 79.1 Å². The minimum Gasteiger partial charge on any atom is -0.543 e. The zero-order valence-electron chi connectivity index (χ0n) is 25.7. The number of benzene rings is 1. The first-order chi connectivity index (χ1) is 19.7. The van der Waals surface area contributed by atoms with Gasteiger partial charge in [0.15, 0.2) is 6.23 Å². The molecule has 1 fully saturated rings. The summed E-state index contributed by atoms with van der Waals surface area (Å²) in [5, 5.41) is 10.7. The van der Waals surface area contributed by atoms with E-state index in [-0.39, 0.29) is 36.2 Å². The lowest BCUT2D eigenvalue weighted by Gasteiger charge is -2.36. The molecule has 1 N–H and O–H groups in total. The number of aromatic nitrogens is 4. The lowest BCUT2D eigenvalue weighted by Crippen LogP contribution is -2.43. The Kier molecular flexibility index (Phi) is 10.5. The van der Waals surface area contributed by atoms with Crippen molar-refractivity contribution in [3.05, 3.63) is 30.6 Å². The number of hydrogen-bond donors (Lipinski definition) is 1. The first-order valence-electron chi connectivity index (χ1n) is 14.7. The molecule has 0 bridgehead atoms. The monoisotopic (exact) mass is 622 g/mol. The van der Waals surface area contributed by atoms with Crippen LogP contribution in [0.2, 0.25) is 18.1 Å². The van der Waals surface area contributed by atoms with Gasteiger partial charge in [-0.25, -0.2) is 4.68 Å². The van der Waals surface area contributed by atoms with Crippen molar-refractivity contribution in [2.75, 3.05) is 32.2 Å². The summed E-state index contributed by atoms with van der Waals surface area (Å²) in [6.45, 7) is 15.4. The van der Waals surface area contributed by atoms with Gasteiger partial charge in [0.2, 0.25) is 8.32 Å². The molecule has 234 valence electrons. The third kappa shape index (κ3) is 8.63. The third-order valence-corrected chi connectivity index (χ3v) is 13.1. The highest BCUT2D eigenvalue weighted by atomic mass is 32.2. The molecular weight excluding hydrogens is 576 g/mol. The maximum atomic E-state index is 10.8. The van der Waals surface area contributed by atoms with Gasteiger partial charge in [-0.2, -0.15) is 18.6 Å². The average Bonchev–Trinajstić information content (AvgIpc) is 3.52. The predicted octanol–water partition coefficient (Wildman–Crippen LogP) is 5.68. The van der Waals surface area contributed by atoms with Gasteiger partial charge in [-0.3, -0.25) is 9.23 Å². The average molecular weight is 623 g/mol. The zero-order valence-corrected chi connectivity index (χ0v) is 27.5. The van der Waals surface area contributed by atoms with E-state index in [0.29, 0.717) is 19.8 Å². The number of nitrogens with zero attached hydrogens (tertiary/aromatic N) is 4. The molecule has 4 rings (SSSR count). The molecule has 3 aromatic rings. The van der Waals surface area contributed by atoms with Gasteiger partial charge in [0.05, 0.1) is 43.3 Å². The molecule has 0 amide bonds. The van der Waals surface area contributed by atoms with Gasteiger partial charge < -0.3 is 18.6 Å². The second kappa shape index (κ2) is 13.6. The van der Waals surface area contributed by atoms with Crippen molar-refractivity contribution in [1.82, 2.24) is 19.6 Å². The molecule has 0 spiro atoms. The second-order valence-electron chi connectivity index (χ2n) is 12.5. The summed E-state index contributed by atoms with van der Waals surface area (Å²) in [7, 11) is -5.98. The molecule has 11 nitrogen and oxygen atoms in total. The maximum absolute atomic E-state index is 10.8. The first-order valence-corrected chi connectivity index (χ1v) is 19.3. The van der Waals surface area contributed by atoms with Crippen molar-refractivity contribution >= 4 is 29.3 Å². The van der Waals surface area contributed by atoms with Crippen LogP contribution >= 0.6 is 0 Å². The molecule has 2 atom stereocenters. The lowest BCUT2D eigenvalue weighted by atomic mass is 10.1. The molecule has 3 heterocycles. The summed E-state index contributed by atoms with van der Waals surface area (Å²) in [5.74, 6) is 0.546. The molecule has 1 aliphatic heterocycles. The Morgan fingerprint density at radius 3 is 2.69 bits per heavy atom. The summed E-state index contributed by atoms with van der Waals surface area (Å²) in [6.07, 6.45) is 6.90. The van der Waals surface area contributed by atoms with E-state index < -0.39 is 18.4 Å². The fourth-order valence-corrected chi connectivity index (χ4v) is 6.08. The van der Waals surface area contributed by atoms with Crippen LogP contribution in [0.3, 0.4) is 0 Å². The number of fused-ring (bicyclic) bond motifs is 1. The van der Waals surface area contributed by atoms with Gasteiger partial charge in [0.25, 0.3) is 10.1 Å². The van der Waals surface area contributed by atoms with Crippen molar-refractivity contribution in [2.24, 2.45) is 0 Å². The molecule has 42 heavy (non-hydrogen) atoms. The molecular formula is C29H46N4O7SSi. The third-order valence-electron chi connectivity index (χ3n) is 7.96. The van der Waals surface area contributed by atoms with Crippen LogP contribution in [0.25, 0.3) is 22.2 Å². The number of ether oxygens (including phenoxy) is 3. The van der Waals surface area contributed by atoms with Gasteiger partial charge >= 0.3 is 0 Å². The van der Waals surface area contributed by atoms with E-state index in [0.717, 1.165) is 53.8 Å². The zero-order chi connectivity index (χ0) is 30.5.